The third kappa shape index (κ3) is 2.70. The molecule has 0 aliphatic carbocycles. The van der Waals surface area contributed by atoms with Crippen molar-refractivity contribution in [2.24, 2.45) is 0 Å². The van der Waals surface area contributed by atoms with Crippen molar-refractivity contribution in [2.45, 2.75) is 25.8 Å². The molecule has 4 heteroatoms. The number of nitrogens with one attached hydrogen (secondary N) is 1. The van der Waals surface area contributed by atoms with E-state index in [0.717, 1.165) is 16.4 Å². The van der Waals surface area contributed by atoms with Gasteiger partial charge in [-0.2, -0.15) is 0 Å². The molecule has 2 unspecified atom stereocenters. The molecule has 0 saturated heterocycles. The van der Waals surface area contributed by atoms with E-state index in [-0.39, 0.29) is 6.04 Å². The molecule has 3 nitrogen and oxygen atoms in total. The summed E-state index contributed by atoms with van der Waals surface area (Å²) in [5, 5.41) is 6.56. The molecule has 0 aliphatic heterocycles. The molecule has 2 aromatic rings. The minimum absolute atomic E-state index is 0.217. The molecular weight excluding hydrogens is 230 g/mol. The molecule has 0 bridgehead atoms. The van der Waals surface area contributed by atoms with Gasteiger partial charge in [0.1, 0.15) is 0 Å². The average Bonchev–Trinajstić information content (AvgIpc) is 2.78. The highest BCUT2D eigenvalue weighted by molar-refractivity contribution is 7.09. The summed E-state index contributed by atoms with van der Waals surface area (Å²) in [5.74, 6) is 0.308. The molecule has 2 atom stereocenters. The van der Waals surface area contributed by atoms with Crippen molar-refractivity contribution in [1.29, 1.82) is 0 Å². The van der Waals surface area contributed by atoms with Gasteiger partial charge in [0, 0.05) is 23.2 Å². The molecule has 0 spiro atoms. The van der Waals surface area contributed by atoms with Crippen LogP contribution in [0.4, 0.5) is 0 Å². The van der Waals surface area contributed by atoms with Crippen LogP contribution in [0.25, 0.3) is 0 Å². The van der Waals surface area contributed by atoms with Crippen LogP contribution < -0.4 is 5.32 Å². The predicted molar refractivity (Wildman–Crippen MR) is 71.3 cm³/mol. The molecule has 2 aromatic heterocycles. The molecule has 0 saturated carbocycles. The maximum Gasteiger partial charge on any atom is 0.0898 e. The van der Waals surface area contributed by atoms with E-state index in [0.29, 0.717) is 5.92 Å². The normalized spacial score (nSPS) is 14.5. The zero-order valence-electron chi connectivity index (χ0n) is 10.3. The van der Waals surface area contributed by atoms with Crippen LogP contribution >= 0.6 is 11.3 Å². The van der Waals surface area contributed by atoms with E-state index in [1.54, 1.807) is 11.3 Å². The summed E-state index contributed by atoms with van der Waals surface area (Å²) >= 11 is 1.69. The van der Waals surface area contributed by atoms with Crippen molar-refractivity contribution < 1.29 is 0 Å². The first-order chi connectivity index (χ1) is 8.22. The highest BCUT2D eigenvalue weighted by Crippen LogP contribution is 2.29. The molecular formula is C13H17N3S. The minimum Gasteiger partial charge on any atom is -0.311 e. The fourth-order valence-electron chi connectivity index (χ4n) is 1.99. The number of likely N-dealkylation sites (N-methyl/N-ethyl adjacent to an activating group) is 1. The number of aromatic nitrogens is 2. The third-order valence-corrected chi connectivity index (χ3v) is 3.71. The lowest BCUT2D eigenvalue weighted by atomic mass is 9.95. The third-order valence-electron chi connectivity index (χ3n) is 2.92. The molecule has 2 heterocycles. The van der Waals surface area contributed by atoms with Gasteiger partial charge in [-0.3, -0.25) is 4.98 Å². The summed E-state index contributed by atoms with van der Waals surface area (Å²) in [6.45, 7) is 4.21. The monoisotopic (exact) mass is 247 g/mol. The first-order valence-corrected chi connectivity index (χ1v) is 6.60. The van der Waals surface area contributed by atoms with Crippen molar-refractivity contribution >= 4 is 11.3 Å². The Kier molecular flexibility index (Phi) is 3.86. The average molecular weight is 247 g/mol. The van der Waals surface area contributed by atoms with Crippen LogP contribution in [-0.4, -0.2) is 17.0 Å². The Labute approximate surface area is 106 Å². The van der Waals surface area contributed by atoms with Crippen molar-refractivity contribution in [3.63, 3.8) is 0 Å². The van der Waals surface area contributed by atoms with Gasteiger partial charge in [0.05, 0.1) is 16.7 Å². The summed E-state index contributed by atoms with van der Waals surface area (Å²) in [7, 11) is 1.97. The number of nitrogens with zero attached hydrogens (tertiary/aromatic N) is 2. The Morgan fingerprint density at radius 2 is 2.12 bits per heavy atom. The van der Waals surface area contributed by atoms with Gasteiger partial charge >= 0.3 is 0 Å². The van der Waals surface area contributed by atoms with Gasteiger partial charge in [-0.15, -0.1) is 11.3 Å². The second kappa shape index (κ2) is 5.38. The van der Waals surface area contributed by atoms with Crippen molar-refractivity contribution in [3.8, 4) is 0 Å². The minimum atomic E-state index is 0.217. The van der Waals surface area contributed by atoms with Crippen molar-refractivity contribution in [1.82, 2.24) is 15.3 Å². The maximum atomic E-state index is 4.56. The van der Waals surface area contributed by atoms with Crippen LogP contribution in [0.1, 0.15) is 35.3 Å². The molecule has 0 radical (unpaired) electrons. The number of aryl methyl sites for hydroxylation is 1. The van der Waals surface area contributed by atoms with E-state index in [1.807, 2.05) is 32.3 Å². The lowest BCUT2D eigenvalue weighted by Crippen LogP contribution is -2.23. The Bertz CT molecular complexity index is 467. The quantitative estimate of drug-likeness (QED) is 0.902. The molecule has 0 aromatic carbocycles. The highest BCUT2D eigenvalue weighted by Gasteiger charge is 2.22. The lowest BCUT2D eigenvalue weighted by Gasteiger charge is -2.21. The second-order valence-corrected chi connectivity index (χ2v) is 5.16. The van der Waals surface area contributed by atoms with Gasteiger partial charge in [0.2, 0.25) is 0 Å². The number of pyridine rings is 1. The largest absolute Gasteiger partial charge is 0.311 e. The highest BCUT2D eigenvalue weighted by atomic mass is 32.1. The van der Waals surface area contributed by atoms with Gasteiger partial charge in [-0.25, -0.2) is 4.98 Å². The molecule has 0 fully saturated rings. The van der Waals surface area contributed by atoms with Crippen molar-refractivity contribution in [3.05, 3.63) is 46.2 Å². The molecule has 17 heavy (non-hydrogen) atoms. The van der Waals surface area contributed by atoms with Crippen LogP contribution in [0.15, 0.2) is 29.8 Å². The topological polar surface area (TPSA) is 37.8 Å². The van der Waals surface area contributed by atoms with Crippen LogP contribution in [-0.2, 0) is 0 Å². The van der Waals surface area contributed by atoms with Crippen LogP contribution in [0.3, 0.4) is 0 Å². The smallest absolute Gasteiger partial charge is 0.0898 e. The van der Waals surface area contributed by atoms with E-state index in [4.69, 9.17) is 0 Å². The zero-order chi connectivity index (χ0) is 12.3. The molecule has 0 aliphatic rings. The SMILES string of the molecule is CNC(c1csc(C)n1)C(C)c1ccccn1. The Balaban J connectivity index is 2.25. The summed E-state index contributed by atoms with van der Waals surface area (Å²) in [6, 6.07) is 6.25. The van der Waals surface area contributed by atoms with Gasteiger partial charge in [0.15, 0.2) is 0 Å². The van der Waals surface area contributed by atoms with Gasteiger partial charge < -0.3 is 5.32 Å². The van der Waals surface area contributed by atoms with E-state index in [1.165, 1.54) is 0 Å². The van der Waals surface area contributed by atoms with E-state index in [9.17, 15) is 0 Å². The number of hydrogen-bond donors (Lipinski definition) is 1. The van der Waals surface area contributed by atoms with E-state index >= 15 is 0 Å². The lowest BCUT2D eigenvalue weighted by molar-refractivity contribution is 0.489. The summed E-state index contributed by atoms with van der Waals surface area (Å²) < 4.78 is 0. The Morgan fingerprint density at radius 1 is 1.29 bits per heavy atom. The fourth-order valence-corrected chi connectivity index (χ4v) is 2.64. The van der Waals surface area contributed by atoms with Crippen LogP contribution in [0.5, 0.6) is 0 Å². The molecule has 2 rings (SSSR count). The predicted octanol–water partition coefficient (Wildman–Crippen LogP) is 2.91. The van der Waals surface area contributed by atoms with Gasteiger partial charge in [-0.05, 0) is 26.1 Å². The molecule has 90 valence electrons. The molecule has 0 amide bonds. The van der Waals surface area contributed by atoms with Gasteiger partial charge in [-0.1, -0.05) is 13.0 Å². The first-order valence-electron chi connectivity index (χ1n) is 5.72. The maximum absolute atomic E-state index is 4.56. The van der Waals surface area contributed by atoms with Crippen LogP contribution in [0, 0.1) is 6.92 Å². The first kappa shape index (κ1) is 12.2. The standard InChI is InChI=1S/C13H17N3S/c1-9(11-6-4-5-7-15-11)13(14-3)12-8-17-10(2)16-12/h4-9,13-14H,1-3H3. The molecule has 1 N–H and O–H groups in total. The zero-order valence-corrected chi connectivity index (χ0v) is 11.2. The second-order valence-electron chi connectivity index (χ2n) is 4.10. The summed E-state index contributed by atoms with van der Waals surface area (Å²) in [5.41, 5.74) is 2.20. The summed E-state index contributed by atoms with van der Waals surface area (Å²) in [4.78, 5) is 8.97. The van der Waals surface area contributed by atoms with Crippen LogP contribution in [0.2, 0.25) is 0 Å². The number of hydrogen-bond acceptors (Lipinski definition) is 4. The summed E-state index contributed by atoms with van der Waals surface area (Å²) in [6.07, 6.45) is 1.84. The number of rotatable bonds is 4. The Hall–Kier alpha value is -1.26. The number of thiazole rings is 1. The van der Waals surface area contributed by atoms with E-state index in [2.05, 4.69) is 33.7 Å². The van der Waals surface area contributed by atoms with E-state index < -0.39 is 0 Å². The van der Waals surface area contributed by atoms with Crippen molar-refractivity contribution in [2.75, 3.05) is 7.05 Å². The fraction of sp³-hybridized carbons (Fsp3) is 0.385. The van der Waals surface area contributed by atoms with Gasteiger partial charge in [0.25, 0.3) is 0 Å². The Morgan fingerprint density at radius 3 is 2.65 bits per heavy atom.